The van der Waals surface area contributed by atoms with Crippen LogP contribution in [0.5, 0.6) is 6.01 Å². The Kier molecular flexibility index (Phi) is 3.96. The highest BCUT2D eigenvalue weighted by Gasteiger charge is 2.24. The number of rotatable bonds is 3. The molecule has 1 saturated heterocycles. The summed E-state index contributed by atoms with van der Waals surface area (Å²) in [6, 6.07) is 0.207. The number of carbonyl (C=O) groups is 1. The molecule has 1 aliphatic rings. The zero-order chi connectivity index (χ0) is 13.1. The van der Waals surface area contributed by atoms with Crippen LogP contribution in [0.25, 0.3) is 0 Å². The number of anilines is 1. The SMILES string of the molecule is COc1nc(Cl)nc(N2CCC(C(C)=O)CC2)n1. The smallest absolute Gasteiger partial charge is 0.322 e. The molecular weight excluding hydrogens is 256 g/mol. The van der Waals surface area contributed by atoms with Crippen LogP contribution in [0, 0.1) is 5.92 Å². The molecule has 0 saturated carbocycles. The maximum Gasteiger partial charge on any atom is 0.322 e. The Morgan fingerprint density at radius 3 is 2.56 bits per heavy atom. The molecule has 0 amide bonds. The van der Waals surface area contributed by atoms with Crippen LogP contribution in [0.3, 0.4) is 0 Å². The molecule has 0 bridgehead atoms. The second kappa shape index (κ2) is 5.48. The van der Waals surface area contributed by atoms with E-state index in [0.29, 0.717) is 5.95 Å². The number of hydrogen-bond acceptors (Lipinski definition) is 6. The van der Waals surface area contributed by atoms with Gasteiger partial charge in [-0.1, -0.05) is 0 Å². The Labute approximate surface area is 110 Å². The van der Waals surface area contributed by atoms with Crippen LogP contribution >= 0.6 is 11.6 Å². The fourth-order valence-electron chi connectivity index (χ4n) is 2.04. The van der Waals surface area contributed by atoms with Crippen molar-refractivity contribution in [2.24, 2.45) is 5.92 Å². The number of halogens is 1. The molecular formula is C11H15ClN4O2. The highest BCUT2D eigenvalue weighted by molar-refractivity contribution is 6.28. The molecule has 98 valence electrons. The second-order valence-electron chi connectivity index (χ2n) is 4.26. The van der Waals surface area contributed by atoms with E-state index in [1.807, 2.05) is 4.90 Å². The first-order valence-electron chi connectivity index (χ1n) is 5.81. The van der Waals surface area contributed by atoms with Gasteiger partial charge in [0.25, 0.3) is 0 Å². The highest BCUT2D eigenvalue weighted by Crippen LogP contribution is 2.22. The van der Waals surface area contributed by atoms with Crippen molar-refractivity contribution in [1.29, 1.82) is 0 Å². The number of Topliss-reactive ketones (excluding diaryl/α,β-unsaturated/α-hetero) is 1. The minimum absolute atomic E-state index is 0.116. The first-order chi connectivity index (χ1) is 8.60. The Morgan fingerprint density at radius 2 is 2.00 bits per heavy atom. The first-order valence-corrected chi connectivity index (χ1v) is 6.19. The van der Waals surface area contributed by atoms with Gasteiger partial charge < -0.3 is 9.64 Å². The Hall–Kier alpha value is -1.43. The van der Waals surface area contributed by atoms with Gasteiger partial charge in [0.1, 0.15) is 5.78 Å². The maximum atomic E-state index is 11.3. The molecule has 0 aromatic carbocycles. The highest BCUT2D eigenvalue weighted by atomic mass is 35.5. The molecule has 0 unspecified atom stereocenters. The third-order valence-electron chi connectivity index (χ3n) is 3.11. The monoisotopic (exact) mass is 270 g/mol. The molecule has 0 aliphatic carbocycles. The van der Waals surface area contributed by atoms with Gasteiger partial charge in [0, 0.05) is 19.0 Å². The standard InChI is InChI=1S/C11H15ClN4O2/c1-7(17)8-3-5-16(6-4-8)10-13-9(12)14-11(15-10)18-2/h8H,3-6H2,1-2H3. The summed E-state index contributed by atoms with van der Waals surface area (Å²) in [5.41, 5.74) is 0. The molecule has 0 radical (unpaired) electrons. The Morgan fingerprint density at radius 1 is 1.33 bits per heavy atom. The number of carbonyl (C=O) groups excluding carboxylic acids is 1. The van der Waals surface area contributed by atoms with Crippen molar-refractivity contribution in [3.8, 4) is 6.01 Å². The third kappa shape index (κ3) is 2.87. The molecule has 1 aliphatic heterocycles. The zero-order valence-electron chi connectivity index (χ0n) is 10.4. The van der Waals surface area contributed by atoms with Gasteiger partial charge in [0.15, 0.2) is 0 Å². The van der Waals surface area contributed by atoms with E-state index in [-0.39, 0.29) is 23.0 Å². The Balaban J connectivity index is 2.09. The van der Waals surface area contributed by atoms with E-state index in [1.165, 1.54) is 7.11 Å². The van der Waals surface area contributed by atoms with Gasteiger partial charge in [-0.05, 0) is 31.4 Å². The maximum absolute atomic E-state index is 11.3. The number of ketones is 1. The molecule has 2 heterocycles. The molecule has 0 N–H and O–H groups in total. The van der Waals surface area contributed by atoms with Crippen molar-refractivity contribution in [2.75, 3.05) is 25.1 Å². The van der Waals surface area contributed by atoms with Crippen LogP contribution in [0.2, 0.25) is 5.28 Å². The van der Waals surface area contributed by atoms with Gasteiger partial charge in [-0.25, -0.2) is 0 Å². The van der Waals surface area contributed by atoms with Gasteiger partial charge in [-0.3, -0.25) is 4.79 Å². The van der Waals surface area contributed by atoms with E-state index < -0.39 is 0 Å². The van der Waals surface area contributed by atoms with Crippen molar-refractivity contribution < 1.29 is 9.53 Å². The van der Waals surface area contributed by atoms with Crippen LogP contribution < -0.4 is 9.64 Å². The van der Waals surface area contributed by atoms with Crippen LogP contribution in [-0.2, 0) is 4.79 Å². The van der Waals surface area contributed by atoms with E-state index >= 15 is 0 Å². The van der Waals surface area contributed by atoms with Crippen molar-refractivity contribution >= 4 is 23.3 Å². The lowest BCUT2D eigenvalue weighted by atomic mass is 9.94. The number of nitrogens with zero attached hydrogens (tertiary/aromatic N) is 4. The number of aromatic nitrogens is 3. The first kappa shape index (κ1) is 13.0. The van der Waals surface area contributed by atoms with Gasteiger partial charge in [-0.15, -0.1) is 0 Å². The average Bonchev–Trinajstić information content (AvgIpc) is 2.38. The quantitative estimate of drug-likeness (QED) is 0.826. The lowest BCUT2D eigenvalue weighted by molar-refractivity contribution is -0.121. The van der Waals surface area contributed by atoms with Gasteiger partial charge >= 0.3 is 6.01 Å². The number of hydrogen-bond donors (Lipinski definition) is 0. The second-order valence-corrected chi connectivity index (χ2v) is 4.60. The fourth-order valence-corrected chi connectivity index (χ4v) is 2.19. The molecule has 6 nitrogen and oxygen atoms in total. The lowest BCUT2D eigenvalue weighted by Crippen LogP contribution is -2.36. The van der Waals surface area contributed by atoms with Gasteiger partial charge in [-0.2, -0.15) is 15.0 Å². The molecule has 1 aromatic rings. The predicted molar refractivity (Wildman–Crippen MR) is 67.0 cm³/mol. The van der Waals surface area contributed by atoms with Gasteiger partial charge in [0.05, 0.1) is 7.11 Å². The average molecular weight is 271 g/mol. The van der Waals surface area contributed by atoms with E-state index in [1.54, 1.807) is 6.92 Å². The van der Waals surface area contributed by atoms with Gasteiger partial charge in [0.2, 0.25) is 11.2 Å². The van der Waals surface area contributed by atoms with E-state index in [4.69, 9.17) is 16.3 Å². The molecule has 7 heteroatoms. The summed E-state index contributed by atoms with van der Waals surface area (Å²) in [6.45, 7) is 3.13. The summed E-state index contributed by atoms with van der Waals surface area (Å²) in [5.74, 6) is 0.912. The number of methoxy groups -OCH3 is 1. The Bertz CT molecular complexity index is 447. The molecule has 1 fully saturated rings. The van der Waals surface area contributed by atoms with Crippen molar-refractivity contribution in [1.82, 2.24) is 15.0 Å². The fraction of sp³-hybridized carbons (Fsp3) is 0.636. The van der Waals surface area contributed by atoms with Crippen molar-refractivity contribution in [2.45, 2.75) is 19.8 Å². The topological polar surface area (TPSA) is 68.2 Å². The van der Waals surface area contributed by atoms with E-state index in [2.05, 4.69) is 15.0 Å². The molecule has 18 heavy (non-hydrogen) atoms. The summed E-state index contributed by atoms with van der Waals surface area (Å²) in [5, 5.41) is 0.116. The summed E-state index contributed by atoms with van der Waals surface area (Å²) in [6.07, 6.45) is 1.64. The molecule has 0 atom stereocenters. The summed E-state index contributed by atoms with van der Waals surface area (Å²) >= 11 is 5.80. The lowest BCUT2D eigenvalue weighted by Gasteiger charge is -2.30. The van der Waals surface area contributed by atoms with Crippen LogP contribution in [0.1, 0.15) is 19.8 Å². The molecule has 1 aromatic heterocycles. The minimum atomic E-state index is 0.116. The van der Waals surface area contributed by atoms with Crippen molar-refractivity contribution in [3.05, 3.63) is 5.28 Å². The largest absolute Gasteiger partial charge is 0.467 e. The van der Waals surface area contributed by atoms with E-state index in [9.17, 15) is 4.79 Å². The predicted octanol–water partition coefficient (Wildman–Crippen LogP) is 1.34. The third-order valence-corrected chi connectivity index (χ3v) is 3.28. The summed E-state index contributed by atoms with van der Waals surface area (Å²) in [7, 11) is 1.48. The number of ether oxygens (including phenoxy) is 1. The van der Waals surface area contributed by atoms with E-state index in [0.717, 1.165) is 25.9 Å². The summed E-state index contributed by atoms with van der Waals surface area (Å²) in [4.78, 5) is 25.4. The van der Waals surface area contributed by atoms with Crippen LogP contribution in [0.4, 0.5) is 5.95 Å². The zero-order valence-corrected chi connectivity index (χ0v) is 11.1. The number of piperidine rings is 1. The van der Waals surface area contributed by atoms with Crippen LogP contribution in [0.15, 0.2) is 0 Å². The normalized spacial score (nSPS) is 16.7. The molecule has 2 rings (SSSR count). The molecule has 0 spiro atoms. The minimum Gasteiger partial charge on any atom is -0.467 e. The van der Waals surface area contributed by atoms with Crippen LogP contribution in [-0.4, -0.2) is 40.9 Å². The summed E-state index contributed by atoms with van der Waals surface area (Å²) < 4.78 is 4.96. The van der Waals surface area contributed by atoms with Crippen molar-refractivity contribution in [3.63, 3.8) is 0 Å².